The molecule has 0 aromatic heterocycles. The third-order valence-corrected chi connectivity index (χ3v) is 4.18. The van der Waals surface area contributed by atoms with Gasteiger partial charge in [0.25, 0.3) is 0 Å². The minimum absolute atomic E-state index is 0.0337. The van der Waals surface area contributed by atoms with Crippen molar-refractivity contribution in [2.75, 3.05) is 6.61 Å². The second-order valence-electron chi connectivity index (χ2n) is 5.53. The first-order valence-electron chi connectivity index (χ1n) is 6.51. The molecule has 0 saturated carbocycles. The Balaban J connectivity index is 2.39. The van der Waals surface area contributed by atoms with Gasteiger partial charge >= 0.3 is 10.2 Å². The molecule has 1 atom stereocenters. The van der Waals surface area contributed by atoms with E-state index < -0.39 is 21.2 Å². The van der Waals surface area contributed by atoms with E-state index in [4.69, 9.17) is 4.74 Å². The van der Waals surface area contributed by atoms with E-state index in [1.54, 1.807) is 37.3 Å². The molecule has 1 aliphatic rings. The SMILES string of the molecule is CC1(c2ccccc2)C/C(=C/S(F)(F)(F)(F)F)CCCO1. The molecule has 0 N–H and O–H groups in total. The Morgan fingerprint density at radius 1 is 1.10 bits per heavy atom. The smallest absolute Gasteiger partial charge is 0.304 e. The molecule has 120 valence electrons. The first-order chi connectivity index (χ1) is 9.37. The maximum atomic E-state index is 12.7. The zero-order valence-electron chi connectivity index (χ0n) is 11.5. The fourth-order valence-corrected chi connectivity index (χ4v) is 3.39. The van der Waals surface area contributed by atoms with Crippen LogP contribution in [-0.4, -0.2) is 6.61 Å². The van der Waals surface area contributed by atoms with Crippen LogP contribution in [0.25, 0.3) is 0 Å². The lowest BCUT2D eigenvalue weighted by Crippen LogP contribution is -2.25. The Morgan fingerprint density at radius 3 is 2.29 bits per heavy atom. The average Bonchev–Trinajstić information content (AvgIpc) is 2.49. The molecular weight excluding hydrogens is 311 g/mol. The zero-order chi connectivity index (χ0) is 15.8. The molecule has 0 aliphatic carbocycles. The molecule has 7 heteroatoms. The van der Waals surface area contributed by atoms with Crippen LogP contribution in [0.3, 0.4) is 0 Å². The van der Waals surface area contributed by atoms with E-state index in [-0.39, 0.29) is 25.0 Å². The molecule has 21 heavy (non-hydrogen) atoms. The average molecular weight is 328 g/mol. The summed E-state index contributed by atoms with van der Waals surface area (Å²) in [7, 11) is -9.55. The molecule has 2 rings (SSSR count). The van der Waals surface area contributed by atoms with Gasteiger partial charge in [0.1, 0.15) is 0 Å². The highest BCUT2D eigenvalue weighted by molar-refractivity contribution is 8.48. The van der Waals surface area contributed by atoms with Gasteiger partial charge in [-0.1, -0.05) is 55.3 Å². The Labute approximate surface area is 120 Å². The third kappa shape index (κ3) is 5.00. The fraction of sp³-hybridized carbons (Fsp3) is 0.429. The van der Waals surface area contributed by atoms with Gasteiger partial charge in [0.05, 0.1) is 11.0 Å². The topological polar surface area (TPSA) is 9.23 Å². The number of rotatable bonds is 2. The van der Waals surface area contributed by atoms with E-state index in [0.717, 1.165) is 0 Å². The van der Waals surface area contributed by atoms with Crippen LogP contribution in [0.2, 0.25) is 0 Å². The van der Waals surface area contributed by atoms with Crippen molar-refractivity contribution < 1.29 is 24.2 Å². The molecule has 1 fully saturated rings. The molecule has 1 aliphatic heterocycles. The van der Waals surface area contributed by atoms with Gasteiger partial charge < -0.3 is 4.74 Å². The Kier molecular flexibility index (Phi) is 3.46. The quantitative estimate of drug-likeness (QED) is 0.580. The minimum Gasteiger partial charge on any atom is -0.370 e. The molecule has 1 heterocycles. The summed E-state index contributed by atoms with van der Waals surface area (Å²) in [6.07, 6.45) is 0.0682. The van der Waals surface area contributed by atoms with Gasteiger partial charge in [0.15, 0.2) is 0 Å². The van der Waals surface area contributed by atoms with Gasteiger partial charge in [0.2, 0.25) is 0 Å². The van der Waals surface area contributed by atoms with Crippen molar-refractivity contribution in [1.29, 1.82) is 0 Å². The van der Waals surface area contributed by atoms with E-state index in [1.807, 2.05) is 0 Å². The summed E-state index contributed by atoms with van der Waals surface area (Å²) in [6.45, 7) is 1.87. The van der Waals surface area contributed by atoms with E-state index in [0.29, 0.717) is 12.0 Å². The van der Waals surface area contributed by atoms with E-state index in [1.165, 1.54) is 0 Å². The monoisotopic (exact) mass is 328 g/mol. The first kappa shape index (κ1) is 16.3. The summed E-state index contributed by atoms with van der Waals surface area (Å²) in [5.74, 6) is 0. The molecule has 1 nitrogen and oxygen atoms in total. The van der Waals surface area contributed by atoms with Crippen LogP contribution >= 0.6 is 10.2 Å². The predicted octanol–water partition coefficient (Wildman–Crippen LogP) is 6.28. The highest BCUT2D eigenvalue weighted by Gasteiger charge is 2.61. The molecule has 0 bridgehead atoms. The highest BCUT2D eigenvalue weighted by Crippen LogP contribution is 2.99. The summed E-state index contributed by atoms with van der Waals surface area (Å²) < 4.78 is 69.0. The van der Waals surface area contributed by atoms with Crippen molar-refractivity contribution in [3.8, 4) is 0 Å². The molecule has 1 unspecified atom stereocenters. The number of halogens is 5. The lowest BCUT2D eigenvalue weighted by Gasteiger charge is -2.38. The van der Waals surface area contributed by atoms with Crippen LogP contribution in [0, 0.1) is 0 Å². The first-order valence-corrected chi connectivity index (χ1v) is 8.52. The number of benzene rings is 1. The van der Waals surface area contributed by atoms with Crippen molar-refractivity contribution in [2.24, 2.45) is 0 Å². The molecule has 0 amide bonds. The fourth-order valence-electron chi connectivity index (χ4n) is 2.56. The second-order valence-corrected chi connectivity index (χ2v) is 7.82. The van der Waals surface area contributed by atoms with E-state index in [9.17, 15) is 19.4 Å². The summed E-state index contributed by atoms with van der Waals surface area (Å²) >= 11 is 0. The molecule has 0 radical (unpaired) electrons. The highest BCUT2D eigenvalue weighted by atomic mass is 32.5. The van der Waals surface area contributed by atoms with Crippen LogP contribution in [0.4, 0.5) is 19.4 Å². The summed E-state index contributed by atoms with van der Waals surface area (Å²) in [4.78, 5) is 0. The number of ether oxygens (including phenoxy) is 1. The van der Waals surface area contributed by atoms with Crippen molar-refractivity contribution in [2.45, 2.75) is 31.8 Å². The van der Waals surface area contributed by atoms with Crippen LogP contribution in [0.5, 0.6) is 0 Å². The largest absolute Gasteiger partial charge is 0.370 e. The number of hydrogen-bond donors (Lipinski definition) is 0. The molecular formula is C14H17F5OS. The van der Waals surface area contributed by atoms with Crippen molar-refractivity contribution in [3.63, 3.8) is 0 Å². The number of hydrogen-bond acceptors (Lipinski definition) is 1. The van der Waals surface area contributed by atoms with Crippen LogP contribution in [0.15, 0.2) is 41.3 Å². The van der Waals surface area contributed by atoms with Gasteiger partial charge in [-0.15, -0.1) is 0 Å². The molecule has 0 spiro atoms. The van der Waals surface area contributed by atoms with Gasteiger partial charge in [-0.05, 0) is 25.3 Å². The summed E-state index contributed by atoms with van der Waals surface area (Å²) in [6, 6.07) is 8.70. The predicted molar refractivity (Wildman–Crippen MR) is 74.8 cm³/mol. The van der Waals surface area contributed by atoms with Crippen LogP contribution in [0.1, 0.15) is 31.7 Å². The van der Waals surface area contributed by atoms with Gasteiger partial charge in [-0.2, -0.15) is 0 Å². The van der Waals surface area contributed by atoms with Crippen molar-refractivity contribution in [3.05, 3.63) is 46.9 Å². The molecule has 1 aromatic rings. The summed E-state index contributed by atoms with van der Waals surface area (Å²) in [5.41, 5.74) is -0.648. The van der Waals surface area contributed by atoms with Crippen LogP contribution in [-0.2, 0) is 10.3 Å². The van der Waals surface area contributed by atoms with Gasteiger partial charge in [0, 0.05) is 13.0 Å². The summed E-state index contributed by atoms with van der Waals surface area (Å²) in [5, 5.41) is -0.740. The van der Waals surface area contributed by atoms with Crippen molar-refractivity contribution in [1.82, 2.24) is 0 Å². The lowest BCUT2D eigenvalue weighted by molar-refractivity contribution is -0.0287. The standard InChI is InChI=1S/C14H17F5OS/c1-14(13-7-3-2-4-8-13)10-12(6-5-9-20-14)11-21(15,16,17,18)19/h2-4,7-8,11H,5-6,9-10H2,1H3/b12-11+. The lowest BCUT2D eigenvalue weighted by atomic mass is 9.89. The normalized spacial score (nSPS) is 29.5. The minimum atomic E-state index is -9.55. The van der Waals surface area contributed by atoms with Crippen LogP contribution < -0.4 is 0 Å². The van der Waals surface area contributed by atoms with E-state index in [2.05, 4.69) is 0 Å². The Morgan fingerprint density at radius 2 is 1.71 bits per heavy atom. The zero-order valence-corrected chi connectivity index (χ0v) is 12.3. The second kappa shape index (κ2) is 4.46. The van der Waals surface area contributed by atoms with E-state index >= 15 is 0 Å². The molecule has 1 aromatic carbocycles. The van der Waals surface area contributed by atoms with Gasteiger partial charge in [-0.25, -0.2) is 0 Å². The van der Waals surface area contributed by atoms with Gasteiger partial charge in [-0.3, -0.25) is 0 Å². The Bertz CT molecular complexity index is 551. The maximum absolute atomic E-state index is 12.7. The Hall–Kier alpha value is -1.08. The maximum Gasteiger partial charge on any atom is 0.304 e. The molecule has 1 saturated heterocycles. The van der Waals surface area contributed by atoms with Crippen molar-refractivity contribution >= 4 is 10.2 Å². The third-order valence-electron chi connectivity index (χ3n) is 3.40.